The van der Waals surface area contributed by atoms with Gasteiger partial charge in [-0.1, -0.05) is 109 Å². The van der Waals surface area contributed by atoms with Crippen LogP contribution >= 0.6 is 0 Å². The molecule has 61 heavy (non-hydrogen) atoms. The second-order valence-electron chi connectivity index (χ2n) is 15.6. The molecule has 5 nitrogen and oxygen atoms in total. The Morgan fingerprint density at radius 3 is 1.16 bits per heavy atom. The molecule has 3 aromatic heterocycles. The van der Waals surface area contributed by atoms with Crippen molar-refractivity contribution in [2.45, 2.75) is 0 Å². The van der Waals surface area contributed by atoms with Crippen molar-refractivity contribution in [1.29, 1.82) is 5.26 Å². The predicted octanol–water partition coefficient (Wildman–Crippen LogP) is 14.7. The average molecular weight is 776 g/mol. The van der Waals surface area contributed by atoms with Crippen molar-refractivity contribution < 1.29 is 0 Å². The minimum absolute atomic E-state index is 0.489. The zero-order chi connectivity index (χ0) is 40.6. The fourth-order valence-corrected chi connectivity index (χ4v) is 9.53. The molecule has 0 saturated carbocycles. The van der Waals surface area contributed by atoms with Crippen molar-refractivity contribution in [3.8, 4) is 45.4 Å². The molecule has 0 spiro atoms. The minimum atomic E-state index is 0.489. The van der Waals surface area contributed by atoms with Gasteiger partial charge in [-0.3, -0.25) is 0 Å². The van der Waals surface area contributed by atoms with Gasteiger partial charge >= 0.3 is 0 Å². The maximum Gasteiger partial charge on any atom is 0.189 e. The molecule has 0 fully saturated rings. The molecule has 5 heteroatoms. The highest BCUT2D eigenvalue weighted by atomic mass is 15.0. The van der Waals surface area contributed by atoms with Crippen molar-refractivity contribution in [3.63, 3.8) is 0 Å². The Morgan fingerprint density at radius 1 is 0.361 bits per heavy atom. The molecule has 12 rings (SSSR count). The Morgan fingerprint density at radius 2 is 0.738 bits per heavy atom. The molecule has 0 N–H and O–H groups in total. The predicted molar refractivity (Wildman–Crippen MR) is 251 cm³/mol. The lowest BCUT2D eigenvalue weighted by Crippen LogP contribution is -1.97. The number of nitriles is 1. The van der Waals surface area contributed by atoms with E-state index in [-0.39, 0.29) is 0 Å². The third kappa shape index (κ3) is 5.25. The maximum atomic E-state index is 10.3. The van der Waals surface area contributed by atoms with Gasteiger partial charge in [-0.2, -0.15) is 5.26 Å². The van der Waals surface area contributed by atoms with Gasteiger partial charge in [-0.05, 0) is 113 Å². The summed E-state index contributed by atoms with van der Waals surface area (Å²) in [6.07, 6.45) is 0. The lowest BCUT2D eigenvalue weighted by Gasteiger charge is -2.11. The van der Waals surface area contributed by atoms with Crippen LogP contribution in [0.2, 0.25) is 0 Å². The highest BCUT2D eigenvalue weighted by Crippen LogP contribution is 2.41. The Bertz CT molecular complexity index is 3620. The Kier molecular flexibility index (Phi) is 7.59. The van der Waals surface area contributed by atoms with E-state index in [0.717, 1.165) is 66.5 Å². The number of aromatic nitrogens is 3. The van der Waals surface area contributed by atoms with Crippen LogP contribution in [0.15, 0.2) is 200 Å². The van der Waals surface area contributed by atoms with Crippen molar-refractivity contribution in [3.05, 3.63) is 217 Å². The Hall–Kier alpha value is -8.64. The van der Waals surface area contributed by atoms with Gasteiger partial charge in [0.05, 0.1) is 50.9 Å². The quantitative estimate of drug-likeness (QED) is 0.161. The molecule has 9 aromatic carbocycles. The van der Waals surface area contributed by atoms with Gasteiger partial charge in [0.2, 0.25) is 0 Å². The summed E-state index contributed by atoms with van der Waals surface area (Å²) < 4.78 is 6.83. The van der Waals surface area contributed by atoms with E-state index in [1.165, 1.54) is 32.6 Å². The summed E-state index contributed by atoms with van der Waals surface area (Å²) in [5, 5.41) is 17.3. The smallest absolute Gasteiger partial charge is 0.189 e. The standard InChI is InChI=1S/C56H33N5/c1-58-41-25-20-40(35-57)56(34-41)61-54-28-23-38(36-21-26-52-46(30-36)44-16-8-10-18-50(44)59(52)42-12-4-2-5-13-42)32-48(54)49-33-39(24-29-55(49)61)37-22-27-53-47(31-37)45-17-9-11-19-51(45)60(53)43-14-6-3-7-15-43/h2-34H. The van der Waals surface area contributed by atoms with Crippen LogP contribution in [0.25, 0.3) is 110 Å². The summed E-state index contributed by atoms with van der Waals surface area (Å²) in [4.78, 5) is 3.74. The van der Waals surface area contributed by atoms with Gasteiger partial charge in [0.1, 0.15) is 6.07 Å². The van der Waals surface area contributed by atoms with Gasteiger partial charge in [0.15, 0.2) is 5.69 Å². The van der Waals surface area contributed by atoms with Crippen LogP contribution in [0.4, 0.5) is 5.69 Å². The normalized spacial score (nSPS) is 11.6. The highest BCUT2D eigenvalue weighted by molar-refractivity contribution is 6.14. The second-order valence-corrected chi connectivity index (χ2v) is 15.6. The van der Waals surface area contributed by atoms with Gasteiger partial charge in [-0.25, -0.2) is 4.85 Å². The van der Waals surface area contributed by atoms with Crippen LogP contribution in [0.3, 0.4) is 0 Å². The Labute approximate surface area is 351 Å². The van der Waals surface area contributed by atoms with E-state index in [4.69, 9.17) is 6.57 Å². The number of fused-ring (bicyclic) bond motifs is 9. The number of rotatable bonds is 5. The first-order chi connectivity index (χ1) is 30.2. The lowest BCUT2D eigenvalue weighted by atomic mass is 9.98. The third-order valence-corrected chi connectivity index (χ3v) is 12.3. The number of para-hydroxylation sites is 4. The molecule has 0 aliphatic heterocycles. The molecule has 0 aliphatic carbocycles. The van der Waals surface area contributed by atoms with Gasteiger partial charge in [0, 0.05) is 43.7 Å². The van der Waals surface area contributed by atoms with Crippen molar-refractivity contribution in [2.24, 2.45) is 0 Å². The van der Waals surface area contributed by atoms with E-state index in [1.807, 2.05) is 6.07 Å². The average Bonchev–Trinajstić information content (AvgIpc) is 3.96. The first kappa shape index (κ1) is 34.4. The van der Waals surface area contributed by atoms with Crippen LogP contribution in [0.1, 0.15) is 5.56 Å². The van der Waals surface area contributed by atoms with E-state index in [2.05, 4.69) is 207 Å². The number of nitrogens with zero attached hydrogens (tertiary/aromatic N) is 5. The molecular weight excluding hydrogens is 743 g/mol. The number of benzene rings is 9. The fourth-order valence-electron chi connectivity index (χ4n) is 9.53. The van der Waals surface area contributed by atoms with Crippen LogP contribution in [-0.4, -0.2) is 13.7 Å². The van der Waals surface area contributed by atoms with Crippen LogP contribution in [0.5, 0.6) is 0 Å². The molecule has 0 bridgehead atoms. The lowest BCUT2D eigenvalue weighted by molar-refractivity contribution is 1.17. The van der Waals surface area contributed by atoms with E-state index in [9.17, 15) is 5.26 Å². The van der Waals surface area contributed by atoms with Gasteiger partial charge in [0.25, 0.3) is 0 Å². The topological polar surface area (TPSA) is 42.9 Å². The van der Waals surface area contributed by atoms with E-state index in [0.29, 0.717) is 16.9 Å². The summed E-state index contributed by atoms with van der Waals surface area (Å²) in [7, 11) is 0. The molecule has 0 amide bonds. The van der Waals surface area contributed by atoms with E-state index in [1.54, 1.807) is 12.1 Å². The molecule has 3 heterocycles. The maximum absolute atomic E-state index is 10.3. The van der Waals surface area contributed by atoms with E-state index < -0.39 is 0 Å². The summed E-state index contributed by atoms with van der Waals surface area (Å²) in [5.74, 6) is 0. The summed E-state index contributed by atoms with van der Waals surface area (Å²) in [6, 6.07) is 72.8. The molecule has 0 aliphatic rings. The molecule has 0 radical (unpaired) electrons. The fraction of sp³-hybridized carbons (Fsp3) is 0. The van der Waals surface area contributed by atoms with Crippen LogP contribution < -0.4 is 0 Å². The molecule has 0 atom stereocenters. The molecule has 282 valence electrons. The SMILES string of the molecule is [C-]#[N+]c1ccc(C#N)c(-n2c3ccc(-c4ccc5c(c4)c4ccccc4n5-c4ccccc4)cc3c3cc(-c4ccc5c(c4)c4ccccc4n5-c4ccccc4)ccc32)c1. The van der Waals surface area contributed by atoms with Gasteiger partial charge < -0.3 is 13.7 Å². The number of hydrogen-bond donors (Lipinski definition) is 0. The summed E-state index contributed by atoms with van der Waals surface area (Å²) in [5.41, 5.74) is 15.0. The zero-order valence-corrected chi connectivity index (χ0v) is 32.8. The largest absolute Gasteiger partial charge is 0.309 e. The Balaban J connectivity index is 1.08. The van der Waals surface area contributed by atoms with Crippen molar-refractivity contribution in [2.75, 3.05) is 0 Å². The summed E-state index contributed by atoms with van der Waals surface area (Å²) in [6.45, 7) is 7.81. The molecule has 0 unspecified atom stereocenters. The number of hydrogen-bond acceptors (Lipinski definition) is 1. The second kappa shape index (κ2) is 13.5. The monoisotopic (exact) mass is 775 g/mol. The molecule has 12 aromatic rings. The van der Waals surface area contributed by atoms with Gasteiger partial charge in [-0.15, -0.1) is 0 Å². The summed E-state index contributed by atoms with van der Waals surface area (Å²) >= 11 is 0. The first-order valence-corrected chi connectivity index (χ1v) is 20.3. The van der Waals surface area contributed by atoms with Crippen molar-refractivity contribution in [1.82, 2.24) is 13.7 Å². The van der Waals surface area contributed by atoms with E-state index >= 15 is 0 Å². The molecular formula is C56H33N5. The van der Waals surface area contributed by atoms with Crippen molar-refractivity contribution >= 4 is 71.1 Å². The highest BCUT2D eigenvalue weighted by Gasteiger charge is 2.20. The first-order valence-electron chi connectivity index (χ1n) is 20.3. The molecule has 0 saturated heterocycles. The minimum Gasteiger partial charge on any atom is -0.309 e. The van der Waals surface area contributed by atoms with Crippen LogP contribution in [0, 0.1) is 17.9 Å². The zero-order valence-electron chi connectivity index (χ0n) is 32.8. The third-order valence-electron chi connectivity index (χ3n) is 12.3. The van der Waals surface area contributed by atoms with Crippen LogP contribution in [-0.2, 0) is 0 Å².